The number of amides is 2. The quantitative estimate of drug-likeness (QED) is 0.475. The van der Waals surface area contributed by atoms with Crippen molar-refractivity contribution in [1.82, 2.24) is 9.38 Å². The maximum atomic E-state index is 12.7. The van der Waals surface area contributed by atoms with E-state index in [1.54, 1.807) is 12.1 Å². The van der Waals surface area contributed by atoms with Gasteiger partial charge in [0.2, 0.25) is 5.75 Å². The highest BCUT2D eigenvalue weighted by molar-refractivity contribution is 6.02. The van der Waals surface area contributed by atoms with E-state index in [0.717, 1.165) is 16.9 Å². The molecule has 31 heavy (non-hydrogen) atoms. The van der Waals surface area contributed by atoms with Gasteiger partial charge in [0.15, 0.2) is 11.5 Å². The molecule has 2 N–H and O–H groups in total. The summed E-state index contributed by atoms with van der Waals surface area (Å²) >= 11 is 0. The Kier molecular flexibility index (Phi) is 5.61. The number of aromatic nitrogens is 2. The van der Waals surface area contributed by atoms with Crippen molar-refractivity contribution in [2.75, 3.05) is 32.0 Å². The van der Waals surface area contributed by atoms with Crippen molar-refractivity contribution in [1.29, 1.82) is 0 Å². The zero-order valence-electron chi connectivity index (χ0n) is 17.4. The number of nitrogens with one attached hydrogen (secondary N) is 2. The molecule has 2 amide bonds. The molecule has 0 spiro atoms. The number of hydrogen-bond acceptors (Lipinski definition) is 5. The van der Waals surface area contributed by atoms with Gasteiger partial charge in [0, 0.05) is 30.1 Å². The van der Waals surface area contributed by atoms with Gasteiger partial charge in [-0.1, -0.05) is 24.3 Å². The number of carbonyl (C=O) groups is 1. The standard InChI is InChI=1S/C23H22N4O4/c1-29-19-12-15(13-20(30-2)22(19)31-3)24-23(28)26-17-9-5-4-8-16(17)18-14-27-11-7-6-10-21(27)25-18/h4-14H,1-3H3,(H2,24,26,28). The normalized spacial score (nSPS) is 10.5. The number of ether oxygens (including phenoxy) is 3. The third-order valence-corrected chi connectivity index (χ3v) is 4.74. The Balaban J connectivity index is 1.59. The lowest BCUT2D eigenvalue weighted by atomic mass is 10.1. The molecule has 0 fully saturated rings. The van der Waals surface area contributed by atoms with E-state index in [2.05, 4.69) is 15.6 Å². The molecule has 0 saturated heterocycles. The van der Waals surface area contributed by atoms with Gasteiger partial charge in [0.25, 0.3) is 0 Å². The zero-order valence-corrected chi connectivity index (χ0v) is 17.4. The fraction of sp³-hybridized carbons (Fsp3) is 0.130. The van der Waals surface area contributed by atoms with Gasteiger partial charge in [0.1, 0.15) is 5.65 Å². The predicted octanol–water partition coefficient (Wildman–Crippen LogP) is 4.67. The molecule has 158 valence electrons. The number of imidazole rings is 1. The van der Waals surface area contributed by atoms with Crippen molar-refractivity contribution in [2.45, 2.75) is 0 Å². The van der Waals surface area contributed by atoms with E-state index < -0.39 is 6.03 Å². The number of urea groups is 1. The Morgan fingerprint density at radius 1 is 0.903 bits per heavy atom. The van der Waals surface area contributed by atoms with Crippen molar-refractivity contribution >= 4 is 23.1 Å². The van der Waals surface area contributed by atoms with Crippen LogP contribution >= 0.6 is 0 Å². The van der Waals surface area contributed by atoms with Crippen LogP contribution in [0.4, 0.5) is 16.2 Å². The molecule has 8 heteroatoms. The number of anilines is 2. The molecule has 2 heterocycles. The lowest BCUT2D eigenvalue weighted by molar-refractivity contribution is 0.262. The van der Waals surface area contributed by atoms with Crippen LogP contribution in [0.2, 0.25) is 0 Å². The number of carbonyl (C=O) groups excluding carboxylic acids is 1. The van der Waals surface area contributed by atoms with E-state index >= 15 is 0 Å². The molecular formula is C23H22N4O4. The lowest BCUT2D eigenvalue weighted by Crippen LogP contribution is -2.20. The third-order valence-electron chi connectivity index (χ3n) is 4.74. The summed E-state index contributed by atoms with van der Waals surface area (Å²) in [5.74, 6) is 1.35. The Morgan fingerprint density at radius 3 is 2.29 bits per heavy atom. The first-order valence-electron chi connectivity index (χ1n) is 9.54. The third kappa shape index (κ3) is 4.09. The second kappa shape index (κ2) is 8.66. The number of nitrogens with zero attached hydrogens (tertiary/aromatic N) is 2. The second-order valence-corrected chi connectivity index (χ2v) is 6.63. The minimum Gasteiger partial charge on any atom is -0.493 e. The molecular weight excluding hydrogens is 396 g/mol. The number of methoxy groups -OCH3 is 3. The first-order valence-corrected chi connectivity index (χ1v) is 9.54. The molecule has 0 aliphatic heterocycles. The summed E-state index contributed by atoms with van der Waals surface area (Å²) in [6.45, 7) is 0. The molecule has 2 aromatic heterocycles. The van der Waals surface area contributed by atoms with Crippen molar-refractivity contribution in [2.24, 2.45) is 0 Å². The van der Waals surface area contributed by atoms with Crippen molar-refractivity contribution in [3.05, 3.63) is 67.0 Å². The summed E-state index contributed by atoms with van der Waals surface area (Å²) in [5.41, 5.74) is 3.53. The van der Waals surface area contributed by atoms with E-state index in [-0.39, 0.29) is 0 Å². The molecule has 2 aromatic carbocycles. The van der Waals surface area contributed by atoms with Gasteiger partial charge in [-0.2, -0.15) is 0 Å². The van der Waals surface area contributed by atoms with Gasteiger partial charge >= 0.3 is 6.03 Å². The van der Waals surface area contributed by atoms with Gasteiger partial charge in [-0.25, -0.2) is 9.78 Å². The van der Waals surface area contributed by atoms with Crippen LogP contribution in [-0.2, 0) is 0 Å². The van der Waals surface area contributed by atoms with Gasteiger partial charge in [-0.3, -0.25) is 0 Å². The van der Waals surface area contributed by atoms with Gasteiger partial charge in [0.05, 0.1) is 38.4 Å². The largest absolute Gasteiger partial charge is 0.493 e. The minimum atomic E-state index is -0.412. The number of para-hydroxylation sites is 1. The number of hydrogen-bond donors (Lipinski definition) is 2. The van der Waals surface area contributed by atoms with Crippen LogP contribution in [0, 0.1) is 0 Å². The fourth-order valence-corrected chi connectivity index (χ4v) is 3.32. The highest BCUT2D eigenvalue weighted by Gasteiger charge is 2.16. The van der Waals surface area contributed by atoms with Crippen LogP contribution in [0.25, 0.3) is 16.9 Å². The predicted molar refractivity (Wildman–Crippen MR) is 119 cm³/mol. The molecule has 4 rings (SSSR count). The van der Waals surface area contributed by atoms with E-state index in [4.69, 9.17) is 14.2 Å². The number of fused-ring (bicyclic) bond motifs is 1. The molecule has 0 bridgehead atoms. The summed E-state index contributed by atoms with van der Waals surface area (Å²) in [6.07, 6.45) is 3.85. The summed E-state index contributed by atoms with van der Waals surface area (Å²) in [5, 5.41) is 5.70. The number of pyridine rings is 1. The molecule has 0 unspecified atom stereocenters. The molecule has 8 nitrogen and oxygen atoms in total. The number of benzene rings is 2. The van der Waals surface area contributed by atoms with Gasteiger partial charge in [-0.05, 0) is 18.2 Å². The van der Waals surface area contributed by atoms with Crippen LogP contribution in [-0.4, -0.2) is 36.7 Å². The van der Waals surface area contributed by atoms with Crippen LogP contribution in [0.1, 0.15) is 0 Å². The summed E-state index contributed by atoms with van der Waals surface area (Å²) in [4.78, 5) is 17.4. The summed E-state index contributed by atoms with van der Waals surface area (Å²) in [6, 6.07) is 16.2. The van der Waals surface area contributed by atoms with Crippen molar-refractivity contribution in [3.8, 4) is 28.5 Å². The molecule has 0 saturated carbocycles. The van der Waals surface area contributed by atoms with E-state index in [0.29, 0.717) is 28.6 Å². The molecule has 0 radical (unpaired) electrons. The maximum Gasteiger partial charge on any atom is 0.323 e. The second-order valence-electron chi connectivity index (χ2n) is 6.63. The first kappa shape index (κ1) is 20.1. The van der Waals surface area contributed by atoms with Crippen LogP contribution < -0.4 is 24.8 Å². The zero-order chi connectivity index (χ0) is 21.8. The first-order chi connectivity index (χ1) is 15.1. The van der Waals surface area contributed by atoms with Crippen LogP contribution in [0.3, 0.4) is 0 Å². The average Bonchev–Trinajstić information content (AvgIpc) is 3.22. The number of rotatable bonds is 6. The minimum absolute atomic E-state index is 0.412. The van der Waals surface area contributed by atoms with Crippen molar-refractivity contribution < 1.29 is 19.0 Å². The summed E-state index contributed by atoms with van der Waals surface area (Å²) < 4.78 is 17.9. The Hall–Kier alpha value is -4.20. The van der Waals surface area contributed by atoms with Crippen molar-refractivity contribution in [3.63, 3.8) is 0 Å². The van der Waals surface area contributed by atoms with E-state index in [9.17, 15) is 4.79 Å². The smallest absolute Gasteiger partial charge is 0.323 e. The molecule has 4 aromatic rings. The van der Waals surface area contributed by atoms with E-state index in [1.165, 1.54) is 21.3 Å². The molecule has 0 atom stereocenters. The molecule has 0 aliphatic carbocycles. The average molecular weight is 418 g/mol. The van der Waals surface area contributed by atoms with E-state index in [1.807, 2.05) is 59.3 Å². The SMILES string of the molecule is COc1cc(NC(=O)Nc2ccccc2-c2cn3ccccc3n2)cc(OC)c1OC. The Morgan fingerprint density at radius 2 is 1.61 bits per heavy atom. The lowest BCUT2D eigenvalue weighted by Gasteiger charge is -2.15. The topological polar surface area (TPSA) is 86.1 Å². The highest BCUT2D eigenvalue weighted by Crippen LogP contribution is 2.40. The van der Waals surface area contributed by atoms with Crippen LogP contribution in [0.5, 0.6) is 17.2 Å². The monoisotopic (exact) mass is 418 g/mol. The fourth-order valence-electron chi connectivity index (χ4n) is 3.32. The maximum absolute atomic E-state index is 12.7. The Bertz CT molecular complexity index is 1180. The summed E-state index contributed by atoms with van der Waals surface area (Å²) in [7, 11) is 4.56. The van der Waals surface area contributed by atoms with Crippen LogP contribution in [0.15, 0.2) is 67.0 Å². The van der Waals surface area contributed by atoms with Gasteiger partial charge < -0.3 is 29.2 Å². The highest BCUT2D eigenvalue weighted by atomic mass is 16.5. The Labute approximate surface area is 179 Å². The molecule has 0 aliphatic rings. The van der Waals surface area contributed by atoms with Gasteiger partial charge in [-0.15, -0.1) is 0 Å².